The van der Waals surface area contributed by atoms with Crippen LogP contribution in [0.25, 0.3) is 0 Å². The van der Waals surface area contributed by atoms with Crippen LogP contribution in [0.3, 0.4) is 0 Å². The van der Waals surface area contributed by atoms with Crippen LogP contribution in [0.1, 0.15) is 6.92 Å². The van der Waals surface area contributed by atoms with Crippen molar-refractivity contribution in [1.82, 2.24) is 0 Å². The molecule has 0 aliphatic rings. The first-order valence-electron chi connectivity index (χ1n) is 4.40. The Morgan fingerprint density at radius 1 is 1.33 bits per heavy atom. The molecule has 0 bridgehead atoms. The van der Waals surface area contributed by atoms with Gasteiger partial charge in [-0.3, -0.25) is 4.79 Å². The van der Waals surface area contributed by atoms with Crippen LogP contribution in [0, 0.1) is 0 Å². The van der Waals surface area contributed by atoms with E-state index in [9.17, 15) is 9.59 Å². The average Bonchev–Trinajstić information content (AvgIpc) is 2.22. The molecule has 0 saturated carbocycles. The van der Waals surface area contributed by atoms with Crippen molar-refractivity contribution in [3.63, 3.8) is 0 Å². The van der Waals surface area contributed by atoms with Crippen molar-refractivity contribution in [3.8, 4) is 5.75 Å². The molecular formula is C10H11NO4. The third-order valence-corrected chi connectivity index (χ3v) is 1.59. The number of carbonyl (C=O) groups excluding carboxylic acids is 2. The normalized spacial score (nSPS) is 9.40. The molecule has 0 saturated heterocycles. The van der Waals surface area contributed by atoms with Crippen LogP contribution >= 0.6 is 0 Å². The number of phenolic OH excluding ortho intramolecular Hbond substituents is 1. The first kappa shape index (κ1) is 11.0. The Balaban J connectivity index is 2.58. The van der Waals surface area contributed by atoms with Crippen molar-refractivity contribution in [3.05, 3.63) is 24.3 Å². The second-order valence-corrected chi connectivity index (χ2v) is 2.72. The van der Waals surface area contributed by atoms with Gasteiger partial charge in [-0.1, -0.05) is 0 Å². The van der Waals surface area contributed by atoms with Gasteiger partial charge < -0.3 is 15.2 Å². The number of phenols is 1. The number of carbonyl (C=O) groups is 2. The Morgan fingerprint density at radius 3 is 2.47 bits per heavy atom. The molecule has 5 nitrogen and oxygen atoms in total. The van der Waals surface area contributed by atoms with Crippen LogP contribution in [0.2, 0.25) is 0 Å². The molecule has 0 radical (unpaired) electrons. The summed E-state index contributed by atoms with van der Waals surface area (Å²) in [4.78, 5) is 22.1. The molecular weight excluding hydrogens is 198 g/mol. The zero-order valence-corrected chi connectivity index (χ0v) is 8.19. The minimum Gasteiger partial charge on any atom is -0.508 e. The zero-order valence-electron chi connectivity index (χ0n) is 8.19. The Bertz CT molecular complexity index is 358. The topological polar surface area (TPSA) is 75.6 Å². The highest BCUT2D eigenvalue weighted by molar-refractivity contribution is 6.37. The quantitative estimate of drug-likeness (QED) is 0.431. The number of anilines is 1. The molecule has 0 spiro atoms. The summed E-state index contributed by atoms with van der Waals surface area (Å²) in [5.41, 5.74) is 0.422. The van der Waals surface area contributed by atoms with Gasteiger partial charge in [0, 0.05) is 5.69 Å². The van der Waals surface area contributed by atoms with Crippen molar-refractivity contribution in [1.29, 1.82) is 0 Å². The highest BCUT2D eigenvalue weighted by Crippen LogP contribution is 2.13. The molecule has 1 rings (SSSR count). The highest BCUT2D eigenvalue weighted by atomic mass is 16.5. The number of esters is 1. The van der Waals surface area contributed by atoms with E-state index in [0.29, 0.717) is 5.69 Å². The number of hydrogen-bond acceptors (Lipinski definition) is 4. The van der Waals surface area contributed by atoms with Gasteiger partial charge in [0.15, 0.2) is 0 Å². The minimum absolute atomic E-state index is 0.0872. The van der Waals surface area contributed by atoms with Crippen molar-refractivity contribution in [2.75, 3.05) is 11.9 Å². The van der Waals surface area contributed by atoms with E-state index in [1.165, 1.54) is 24.3 Å². The van der Waals surface area contributed by atoms with Gasteiger partial charge in [0.25, 0.3) is 0 Å². The van der Waals surface area contributed by atoms with Crippen LogP contribution in [0.4, 0.5) is 5.69 Å². The molecule has 0 aliphatic heterocycles. The molecule has 0 heterocycles. The Hall–Kier alpha value is -2.04. The Labute approximate surface area is 86.7 Å². The van der Waals surface area contributed by atoms with Crippen LogP contribution in [-0.4, -0.2) is 23.6 Å². The van der Waals surface area contributed by atoms with Gasteiger partial charge in [-0.05, 0) is 31.2 Å². The van der Waals surface area contributed by atoms with Gasteiger partial charge in [-0.25, -0.2) is 4.79 Å². The predicted molar refractivity (Wildman–Crippen MR) is 53.4 cm³/mol. The Kier molecular flexibility index (Phi) is 3.68. The lowest BCUT2D eigenvalue weighted by atomic mass is 10.3. The van der Waals surface area contributed by atoms with E-state index in [1.54, 1.807) is 6.92 Å². The van der Waals surface area contributed by atoms with Gasteiger partial charge in [-0.15, -0.1) is 0 Å². The number of nitrogens with one attached hydrogen (secondary N) is 1. The lowest BCUT2D eigenvalue weighted by Crippen LogP contribution is -2.24. The van der Waals surface area contributed by atoms with E-state index in [2.05, 4.69) is 10.1 Å². The summed E-state index contributed by atoms with van der Waals surface area (Å²) < 4.78 is 4.50. The van der Waals surface area contributed by atoms with E-state index in [4.69, 9.17) is 5.11 Å². The number of hydrogen-bond donors (Lipinski definition) is 2. The van der Waals surface area contributed by atoms with Gasteiger partial charge in [-0.2, -0.15) is 0 Å². The molecule has 2 N–H and O–H groups in total. The number of amides is 1. The van der Waals surface area contributed by atoms with Crippen molar-refractivity contribution < 1.29 is 19.4 Å². The van der Waals surface area contributed by atoms with Gasteiger partial charge in [0.2, 0.25) is 0 Å². The molecule has 5 heteroatoms. The summed E-state index contributed by atoms with van der Waals surface area (Å²) in [6, 6.07) is 5.76. The first-order chi connectivity index (χ1) is 7.13. The fraction of sp³-hybridized carbons (Fsp3) is 0.200. The van der Waals surface area contributed by atoms with Crippen molar-refractivity contribution in [2.45, 2.75) is 6.92 Å². The van der Waals surface area contributed by atoms with Crippen molar-refractivity contribution in [2.24, 2.45) is 0 Å². The summed E-state index contributed by atoms with van der Waals surface area (Å²) >= 11 is 0. The smallest absolute Gasteiger partial charge is 0.397 e. The summed E-state index contributed by atoms with van der Waals surface area (Å²) in [5, 5.41) is 11.3. The van der Waals surface area contributed by atoms with Gasteiger partial charge in [0.1, 0.15) is 5.75 Å². The van der Waals surface area contributed by atoms with E-state index in [0.717, 1.165) is 0 Å². The maximum Gasteiger partial charge on any atom is 0.397 e. The lowest BCUT2D eigenvalue weighted by molar-refractivity contribution is -0.152. The van der Waals surface area contributed by atoms with Crippen molar-refractivity contribution >= 4 is 17.6 Å². The van der Waals surface area contributed by atoms with Crippen LogP contribution < -0.4 is 5.32 Å². The SMILES string of the molecule is CCOC(=O)C(=O)Nc1ccc(O)cc1. The van der Waals surface area contributed by atoms with Crippen LogP contribution in [-0.2, 0) is 14.3 Å². The fourth-order valence-corrected chi connectivity index (χ4v) is 0.924. The maximum absolute atomic E-state index is 11.1. The molecule has 1 aromatic rings. The number of aromatic hydroxyl groups is 1. The molecule has 0 atom stereocenters. The summed E-state index contributed by atoms with van der Waals surface area (Å²) in [5.74, 6) is -1.67. The fourth-order valence-electron chi connectivity index (χ4n) is 0.924. The third-order valence-electron chi connectivity index (χ3n) is 1.59. The first-order valence-corrected chi connectivity index (χ1v) is 4.40. The molecule has 0 fully saturated rings. The number of ether oxygens (including phenoxy) is 1. The van der Waals surface area contributed by atoms with E-state index >= 15 is 0 Å². The standard InChI is InChI=1S/C10H11NO4/c1-2-15-10(14)9(13)11-7-3-5-8(12)6-4-7/h3-6,12H,2H2,1H3,(H,11,13). The van der Waals surface area contributed by atoms with Gasteiger partial charge in [0.05, 0.1) is 6.61 Å². The molecule has 1 amide bonds. The Morgan fingerprint density at radius 2 is 1.93 bits per heavy atom. The number of benzene rings is 1. The molecule has 0 aromatic heterocycles. The van der Waals surface area contributed by atoms with E-state index < -0.39 is 11.9 Å². The average molecular weight is 209 g/mol. The third kappa shape index (κ3) is 3.30. The number of rotatable bonds is 2. The molecule has 1 aromatic carbocycles. The van der Waals surface area contributed by atoms with E-state index in [-0.39, 0.29) is 12.4 Å². The molecule has 15 heavy (non-hydrogen) atoms. The maximum atomic E-state index is 11.1. The second-order valence-electron chi connectivity index (χ2n) is 2.72. The zero-order chi connectivity index (χ0) is 11.3. The highest BCUT2D eigenvalue weighted by Gasteiger charge is 2.14. The van der Waals surface area contributed by atoms with Crippen LogP contribution in [0.5, 0.6) is 5.75 Å². The summed E-state index contributed by atoms with van der Waals surface area (Å²) in [6.07, 6.45) is 0. The summed E-state index contributed by atoms with van der Waals surface area (Å²) in [6.45, 7) is 1.77. The molecule has 0 aliphatic carbocycles. The van der Waals surface area contributed by atoms with Gasteiger partial charge >= 0.3 is 11.9 Å². The molecule has 0 unspecified atom stereocenters. The lowest BCUT2D eigenvalue weighted by Gasteiger charge is -2.04. The van der Waals surface area contributed by atoms with Crippen LogP contribution in [0.15, 0.2) is 24.3 Å². The minimum atomic E-state index is -0.925. The predicted octanol–water partition coefficient (Wildman–Crippen LogP) is 0.894. The molecule has 80 valence electrons. The largest absolute Gasteiger partial charge is 0.508 e. The second kappa shape index (κ2) is 4.99. The van der Waals surface area contributed by atoms with E-state index in [1.807, 2.05) is 0 Å². The summed E-state index contributed by atoms with van der Waals surface area (Å²) in [7, 11) is 0. The monoisotopic (exact) mass is 209 g/mol.